The molecular formula is C11H22N4O2. The second kappa shape index (κ2) is 6.30. The zero-order chi connectivity index (χ0) is 12.1. The van der Waals surface area contributed by atoms with Gasteiger partial charge in [-0.05, 0) is 0 Å². The van der Waals surface area contributed by atoms with E-state index in [1.165, 1.54) is 0 Å². The van der Waals surface area contributed by atoms with Gasteiger partial charge in [0, 0.05) is 52.4 Å². The number of hydrogen-bond acceptors (Lipinski definition) is 5. The predicted octanol–water partition coefficient (Wildman–Crippen LogP) is -2.32. The second-order valence-corrected chi connectivity index (χ2v) is 4.60. The van der Waals surface area contributed by atoms with E-state index in [1.807, 2.05) is 4.90 Å². The van der Waals surface area contributed by atoms with E-state index in [0.29, 0.717) is 6.54 Å². The molecule has 3 N–H and O–H groups in total. The van der Waals surface area contributed by atoms with Crippen molar-refractivity contribution in [1.82, 2.24) is 20.4 Å². The van der Waals surface area contributed by atoms with Gasteiger partial charge in [-0.3, -0.25) is 9.69 Å². The summed E-state index contributed by atoms with van der Waals surface area (Å²) in [5.74, 6) is 0.209. The zero-order valence-corrected chi connectivity index (χ0v) is 10.2. The molecule has 6 nitrogen and oxygen atoms in total. The Morgan fingerprint density at radius 1 is 1.24 bits per heavy atom. The first-order chi connectivity index (χ1) is 8.31. The van der Waals surface area contributed by atoms with Crippen LogP contribution in [0, 0.1) is 0 Å². The van der Waals surface area contributed by atoms with Gasteiger partial charge in [0.1, 0.15) is 0 Å². The maximum atomic E-state index is 12.2. The van der Waals surface area contributed by atoms with Crippen LogP contribution in [0.5, 0.6) is 0 Å². The van der Waals surface area contributed by atoms with Crippen molar-refractivity contribution in [1.29, 1.82) is 0 Å². The molecule has 2 aliphatic rings. The van der Waals surface area contributed by atoms with Crippen LogP contribution in [0.15, 0.2) is 0 Å². The topological polar surface area (TPSA) is 67.8 Å². The largest absolute Gasteiger partial charge is 0.395 e. The van der Waals surface area contributed by atoms with Crippen LogP contribution in [-0.2, 0) is 4.79 Å². The first-order valence-electron chi connectivity index (χ1n) is 6.37. The summed E-state index contributed by atoms with van der Waals surface area (Å²) >= 11 is 0. The van der Waals surface area contributed by atoms with Crippen LogP contribution >= 0.6 is 0 Å². The molecule has 0 spiro atoms. The number of aliphatic hydroxyl groups excluding tert-OH is 1. The fourth-order valence-electron chi connectivity index (χ4n) is 2.38. The van der Waals surface area contributed by atoms with Crippen LogP contribution in [0.4, 0.5) is 0 Å². The molecule has 0 aliphatic carbocycles. The van der Waals surface area contributed by atoms with Crippen molar-refractivity contribution >= 4 is 5.91 Å². The first kappa shape index (κ1) is 12.8. The van der Waals surface area contributed by atoms with Crippen molar-refractivity contribution in [2.75, 3.05) is 59.0 Å². The van der Waals surface area contributed by atoms with Crippen molar-refractivity contribution in [3.05, 3.63) is 0 Å². The molecule has 2 saturated heterocycles. The molecule has 1 amide bonds. The predicted molar refractivity (Wildman–Crippen MR) is 64.8 cm³/mol. The average molecular weight is 242 g/mol. The summed E-state index contributed by atoms with van der Waals surface area (Å²) in [7, 11) is 0. The van der Waals surface area contributed by atoms with Crippen molar-refractivity contribution in [2.45, 2.75) is 6.04 Å². The minimum Gasteiger partial charge on any atom is -0.395 e. The number of carbonyl (C=O) groups is 1. The van der Waals surface area contributed by atoms with E-state index in [4.69, 9.17) is 5.11 Å². The van der Waals surface area contributed by atoms with Crippen LogP contribution in [0.25, 0.3) is 0 Å². The molecule has 17 heavy (non-hydrogen) atoms. The molecule has 0 aromatic rings. The summed E-state index contributed by atoms with van der Waals surface area (Å²) in [5.41, 5.74) is 0. The highest BCUT2D eigenvalue weighted by atomic mass is 16.3. The number of piperazine rings is 2. The lowest BCUT2D eigenvalue weighted by molar-refractivity contribution is -0.135. The van der Waals surface area contributed by atoms with Gasteiger partial charge >= 0.3 is 0 Å². The molecule has 2 heterocycles. The van der Waals surface area contributed by atoms with Crippen LogP contribution in [0.2, 0.25) is 0 Å². The molecule has 1 atom stereocenters. The summed E-state index contributed by atoms with van der Waals surface area (Å²) in [6.07, 6.45) is 0. The van der Waals surface area contributed by atoms with Gasteiger partial charge in [-0.25, -0.2) is 0 Å². The van der Waals surface area contributed by atoms with Crippen LogP contribution < -0.4 is 10.6 Å². The molecule has 0 bridgehead atoms. The zero-order valence-electron chi connectivity index (χ0n) is 10.2. The Labute approximate surface area is 102 Å². The molecule has 0 aromatic carbocycles. The monoisotopic (exact) mass is 242 g/mol. The molecule has 2 rings (SSSR count). The molecule has 2 aliphatic heterocycles. The van der Waals surface area contributed by atoms with E-state index in [0.717, 1.165) is 45.8 Å². The Hall–Kier alpha value is -0.690. The third-order valence-corrected chi connectivity index (χ3v) is 3.44. The number of nitrogens with zero attached hydrogens (tertiary/aromatic N) is 2. The number of amides is 1. The van der Waals surface area contributed by atoms with Gasteiger partial charge in [-0.1, -0.05) is 0 Å². The minimum atomic E-state index is -0.0619. The van der Waals surface area contributed by atoms with E-state index in [1.54, 1.807) is 0 Å². The Morgan fingerprint density at radius 3 is 2.59 bits per heavy atom. The minimum absolute atomic E-state index is 0.0619. The van der Waals surface area contributed by atoms with Gasteiger partial charge in [0.2, 0.25) is 5.91 Å². The smallest absolute Gasteiger partial charge is 0.241 e. The standard InChI is InChI=1S/C11H22N4O2/c16-8-7-14-3-5-15(6-4-14)11(17)10-9-12-1-2-13-10/h10,12-13,16H,1-9H2. The van der Waals surface area contributed by atoms with Gasteiger partial charge in [0.05, 0.1) is 12.6 Å². The maximum absolute atomic E-state index is 12.2. The highest BCUT2D eigenvalue weighted by molar-refractivity contribution is 5.82. The number of rotatable bonds is 3. The summed E-state index contributed by atoms with van der Waals surface area (Å²) < 4.78 is 0. The van der Waals surface area contributed by atoms with E-state index in [-0.39, 0.29) is 18.6 Å². The fraction of sp³-hybridized carbons (Fsp3) is 0.909. The molecule has 6 heteroatoms. The van der Waals surface area contributed by atoms with E-state index in [9.17, 15) is 4.79 Å². The van der Waals surface area contributed by atoms with Crippen molar-refractivity contribution in [3.8, 4) is 0 Å². The number of carbonyl (C=O) groups excluding carboxylic acids is 1. The summed E-state index contributed by atoms with van der Waals surface area (Å²) in [6.45, 7) is 6.73. The van der Waals surface area contributed by atoms with Gasteiger partial charge in [-0.15, -0.1) is 0 Å². The summed E-state index contributed by atoms with van der Waals surface area (Å²) in [4.78, 5) is 16.3. The highest BCUT2D eigenvalue weighted by Gasteiger charge is 2.27. The molecule has 0 saturated carbocycles. The Morgan fingerprint density at radius 2 is 2.00 bits per heavy atom. The van der Waals surface area contributed by atoms with Crippen molar-refractivity contribution in [3.63, 3.8) is 0 Å². The van der Waals surface area contributed by atoms with Crippen LogP contribution in [0.1, 0.15) is 0 Å². The van der Waals surface area contributed by atoms with Crippen LogP contribution in [-0.4, -0.2) is 85.8 Å². The Balaban J connectivity index is 1.77. The quantitative estimate of drug-likeness (QED) is 0.519. The summed E-state index contributed by atoms with van der Waals surface area (Å²) in [5, 5.41) is 15.3. The second-order valence-electron chi connectivity index (χ2n) is 4.60. The molecule has 0 aromatic heterocycles. The normalized spacial score (nSPS) is 27.1. The summed E-state index contributed by atoms with van der Waals surface area (Å²) in [6, 6.07) is -0.0619. The number of hydrogen-bond donors (Lipinski definition) is 3. The maximum Gasteiger partial charge on any atom is 0.241 e. The molecule has 1 unspecified atom stereocenters. The third-order valence-electron chi connectivity index (χ3n) is 3.44. The van der Waals surface area contributed by atoms with Gasteiger partial charge < -0.3 is 20.6 Å². The molecule has 98 valence electrons. The number of nitrogens with one attached hydrogen (secondary N) is 2. The van der Waals surface area contributed by atoms with Gasteiger partial charge in [0.25, 0.3) is 0 Å². The van der Waals surface area contributed by atoms with E-state index < -0.39 is 0 Å². The van der Waals surface area contributed by atoms with E-state index >= 15 is 0 Å². The van der Waals surface area contributed by atoms with Gasteiger partial charge in [0.15, 0.2) is 0 Å². The lowest BCUT2D eigenvalue weighted by Crippen LogP contribution is -2.59. The van der Waals surface area contributed by atoms with Crippen LogP contribution in [0.3, 0.4) is 0 Å². The van der Waals surface area contributed by atoms with Gasteiger partial charge in [-0.2, -0.15) is 0 Å². The SMILES string of the molecule is O=C(C1CNCCN1)N1CCN(CCO)CC1. The first-order valence-corrected chi connectivity index (χ1v) is 6.37. The fourth-order valence-corrected chi connectivity index (χ4v) is 2.38. The Kier molecular flexibility index (Phi) is 4.73. The highest BCUT2D eigenvalue weighted by Crippen LogP contribution is 2.04. The number of aliphatic hydroxyl groups is 1. The number of β-amino-alcohol motifs (C(OH)–C–C–N with tert-alkyl or cyclic N) is 1. The molecular weight excluding hydrogens is 220 g/mol. The molecule has 0 radical (unpaired) electrons. The lowest BCUT2D eigenvalue weighted by Gasteiger charge is -2.37. The Bertz CT molecular complexity index is 248. The van der Waals surface area contributed by atoms with Crippen molar-refractivity contribution in [2.24, 2.45) is 0 Å². The van der Waals surface area contributed by atoms with Crippen molar-refractivity contribution < 1.29 is 9.90 Å². The lowest BCUT2D eigenvalue weighted by atomic mass is 10.2. The average Bonchev–Trinajstić information content (AvgIpc) is 2.40. The third kappa shape index (κ3) is 3.38. The van der Waals surface area contributed by atoms with E-state index in [2.05, 4.69) is 15.5 Å². The molecule has 2 fully saturated rings.